The SMILES string of the molecule is Cc1ccc(C(=O)C2C(c3cccc([N+](=O)[O-])c3)C3CCCN3[C@@]23C(=O)Nc2ccc(F)cc23)cc1. The van der Waals surface area contributed by atoms with E-state index < -0.39 is 28.1 Å². The second-order valence-electron chi connectivity index (χ2n) is 9.90. The zero-order chi connectivity index (χ0) is 25.2. The number of non-ortho nitro benzene ring substituents is 1. The van der Waals surface area contributed by atoms with Crippen LogP contribution in [0.1, 0.15) is 45.8 Å². The van der Waals surface area contributed by atoms with Crippen LogP contribution in [0.5, 0.6) is 0 Å². The molecule has 2 fully saturated rings. The molecule has 2 saturated heterocycles. The lowest BCUT2D eigenvalue weighted by Gasteiger charge is -2.36. The summed E-state index contributed by atoms with van der Waals surface area (Å²) >= 11 is 0. The molecule has 0 aliphatic carbocycles. The fraction of sp³-hybridized carbons (Fsp3) is 0.286. The number of carbonyl (C=O) groups is 2. The Kier molecular flexibility index (Phi) is 5.05. The molecule has 1 N–H and O–H groups in total. The third-order valence-corrected chi connectivity index (χ3v) is 8.05. The molecule has 1 amide bonds. The standard InChI is InChI=1S/C28H24FN3O4/c1-16-7-9-17(10-8-16)26(33)25-24(18-4-2-5-20(14-18)32(35)36)23-6-3-13-31(23)28(25)21-15-19(29)11-12-22(21)30-27(28)34/h2,4-5,7-12,14-15,23-25H,3,6,13H2,1H3,(H,30,34)/t23?,24?,25?,28-/m1/s1. The average molecular weight is 486 g/mol. The van der Waals surface area contributed by atoms with Crippen LogP contribution in [-0.4, -0.2) is 34.1 Å². The van der Waals surface area contributed by atoms with Gasteiger partial charge in [0.25, 0.3) is 5.69 Å². The Morgan fingerprint density at radius 2 is 1.92 bits per heavy atom. The van der Waals surface area contributed by atoms with Crippen LogP contribution in [0.2, 0.25) is 0 Å². The van der Waals surface area contributed by atoms with Crippen LogP contribution in [0, 0.1) is 28.8 Å². The quantitative estimate of drug-likeness (QED) is 0.321. The summed E-state index contributed by atoms with van der Waals surface area (Å²) in [7, 11) is 0. The van der Waals surface area contributed by atoms with E-state index in [2.05, 4.69) is 5.32 Å². The maximum Gasteiger partial charge on any atom is 0.269 e. The lowest BCUT2D eigenvalue weighted by Crippen LogP contribution is -2.52. The Hall–Kier alpha value is -3.91. The van der Waals surface area contributed by atoms with E-state index in [4.69, 9.17) is 0 Å². The Morgan fingerprint density at radius 1 is 1.14 bits per heavy atom. The highest BCUT2D eigenvalue weighted by Crippen LogP contribution is 2.61. The molecule has 7 nitrogen and oxygen atoms in total. The van der Waals surface area contributed by atoms with Gasteiger partial charge in [-0.25, -0.2) is 4.39 Å². The first kappa shape index (κ1) is 22.5. The molecule has 0 aromatic heterocycles. The molecule has 8 heteroatoms. The van der Waals surface area contributed by atoms with Crippen molar-refractivity contribution >= 4 is 23.1 Å². The molecule has 0 saturated carbocycles. The molecule has 6 rings (SSSR count). The van der Waals surface area contributed by atoms with Gasteiger partial charge in [0.1, 0.15) is 11.4 Å². The number of fused-ring (bicyclic) bond motifs is 4. The van der Waals surface area contributed by atoms with Gasteiger partial charge in [0.05, 0.1) is 10.8 Å². The predicted molar refractivity (Wildman–Crippen MR) is 131 cm³/mol. The molecule has 4 atom stereocenters. The van der Waals surface area contributed by atoms with Crippen LogP contribution in [0.25, 0.3) is 0 Å². The number of anilines is 1. The molecule has 182 valence electrons. The summed E-state index contributed by atoms with van der Waals surface area (Å²) in [6.45, 7) is 2.49. The summed E-state index contributed by atoms with van der Waals surface area (Å²) in [5.41, 5.74) is 1.57. The van der Waals surface area contributed by atoms with Gasteiger partial charge >= 0.3 is 0 Å². The first-order chi connectivity index (χ1) is 17.3. The number of amides is 1. The second kappa shape index (κ2) is 8.06. The monoisotopic (exact) mass is 485 g/mol. The molecule has 3 aromatic rings. The minimum absolute atomic E-state index is 0.0677. The number of halogens is 1. The van der Waals surface area contributed by atoms with Gasteiger partial charge in [0.2, 0.25) is 5.91 Å². The summed E-state index contributed by atoms with van der Waals surface area (Å²) in [6.07, 6.45) is 1.53. The number of Topliss-reactive ketones (excluding diaryl/α,β-unsaturated/α-hetero) is 1. The first-order valence-corrected chi connectivity index (χ1v) is 12.1. The fourth-order valence-electron chi connectivity index (χ4n) is 6.65. The lowest BCUT2D eigenvalue weighted by molar-refractivity contribution is -0.384. The van der Waals surface area contributed by atoms with Gasteiger partial charge in [-0.2, -0.15) is 0 Å². The minimum Gasteiger partial charge on any atom is -0.324 e. The van der Waals surface area contributed by atoms with Crippen LogP contribution in [0.15, 0.2) is 66.7 Å². The van der Waals surface area contributed by atoms with Crippen LogP contribution < -0.4 is 5.32 Å². The minimum atomic E-state index is -1.41. The Bertz CT molecular complexity index is 1420. The Balaban J connectivity index is 1.62. The van der Waals surface area contributed by atoms with Gasteiger partial charge < -0.3 is 5.32 Å². The highest BCUT2D eigenvalue weighted by atomic mass is 19.1. The molecule has 3 unspecified atom stereocenters. The number of benzene rings is 3. The smallest absolute Gasteiger partial charge is 0.269 e. The molecule has 0 bridgehead atoms. The number of ketones is 1. The van der Waals surface area contributed by atoms with Crippen molar-refractivity contribution in [3.8, 4) is 0 Å². The number of aryl methyl sites for hydroxylation is 1. The van der Waals surface area contributed by atoms with Crippen molar-refractivity contribution < 1.29 is 18.9 Å². The summed E-state index contributed by atoms with van der Waals surface area (Å²) in [5, 5.41) is 14.5. The zero-order valence-electron chi connectivity index (χ0n) is 19.6. The van der Waals surface area contributed by atoms with E-state index >= 15 is 0 Å². The highest BCUT2D eigenvalue weighted by Gasteiger charge is 2.69. The van der Waals surface area contributed by atoms with Crippen molar-refractivity contribution in [1.29, 1.82) is 0 Å². The normalized spacial score (nSPS) is 26.6. The van der Waals surface area contributed by atoms with Crippen LogP contribution >= 0.6 is 0 Å². The van der Waals surface area contributed by atoms with Crippen molar-refractivity contribution in [2.45, 2.75) is 37.3 Å². The number of nitrogens with zero attached hydrogens (tertiary/aromatic N) is 2. The van der Waals surface area contributed by atoms with E-state index in [9.17, 15) is 24.1 Å². The van der Waals surface area contributed by atoms with Crippen LogP contribution in [-0.2, 0) is 10.3 Å². The average Bonchev–Trinajstić information content (AvgIpc) is 3.52. The topological polar surface area (TPSA) is 92.5 Å². The van der Waals surface area contributed by atoms with E-state index in [1.165, 1.54) is 30.3 Å². The van der Waals surface area contributed by atoms with Crippen molar-refractivity contribution in [1.82, 2.24) is 4.90 Å². The second-order valence-corrected chi connectivity index (χ2v) is 9.90. The van der Waals surface area contributed by atoms with Crippen molar-refractivity contribution in [2.75, 3.05) is 11.9 Å². The molecular formula is C28H24FN3O4. The number of nitro groups is 1. The Labute approximate surface area is 207 Å². The van der Waals surface area contributed by atoms with Gasteiger partial charge in [0, 0.05) is 40.9 Å². The molecule has 0 radical (unpaired) electrons. The number of nitro benzene ring substituents is 1. The van der Waals surface area contributed by atoms with E-state index in [0.29, 0.717) is 28.9 Å². The van der Waals surface area contributed by atoms with Gasteiger partial charge in [-0.3, -0.25) is 24.6 Å². The maximum absolute atomic E-state index is 14.6. The summed E-state index contributed by atoms with van der Waals surface area (Å²) in [4.78, 5) is 41.5. The van der Waals surface area contributed by atoms with Gasteiger partial charge in [-0.15, -0.1) is 0 Å². The van der Waals surface area contributed by atoms with E-state index in [1.807, 2.05) is 24.0 Å². The molecule has 3 aliphatic rings. The molecule has 3 aromatic carbocycles. The third-order valence-electron chi connectivity index (χ3n) is 8.05. The number of nitrogens with one attached hydrogen (secondary N) is 1. The predicted octanol–water partition coefficient (Wildman–Crippen LogP) is 4.95. The fourth-order valence-corrected chi connectivity index (χ4v) is 6.65. The van der Waals surface area contributed by atoms with Gasteiger partial charge in [-0.1, -0.05) is 42.0 Å². The Morgan fingerprint density at radius 3 is 2.67 bits per heavy atom. The van der Waals surface area contributed by atoms with Crippen LogP contribution in [0.3, 0.4) is 0 Å². The summed E-state index contributed by atoms with van der Waals surface area (Å²) in [5.74, 6) is -2.45. The maximum atomic E-state index is 14.6. The van der Waals surface area contributed by atoms with E-state index in [0.717, 1.165) is 18.4 Å². The van der Waals surface area contributed by atoms with Gasteiger partial charge in [-0.05, 0) is 50.1 Å². The molecule has 3 aliphatic heterocycles. The summed E-state index contributed by atoms with van der Waals surface area (Å²) < 4.78 is 14.6. The van der Waals surface area contributed by atoms with Gasteiger partial charge in [0.15, 0.2) is 5.78 Å². The number of hydrogen-bond acceptors (Lipinski definition) is 5. The number of rotatable bonds is 4. The largest absolute Gasteiger partial charge is 0.324 e. The van der Waals surface area contributed by atoms with Crippen molar-refractivity contribution in [3.05, 3.63) is 105 Å². The van der Waals surface area contributed by atoms with E-state index in [1.54, 1.807) is 24.3 Å². The molecule has 3 heterocycles. The van der Waals surface area contributed by atoms with Crippen molar-refractivity contribution in [2.24, 2.45) is 5.92 Å². The number of carbonyl (C=O) groups excluding carboxylic acids is 2. The highest BCUT2D eigenvalue weighted by molar-refractivity contribution is 6.12. The van der Waals surface area contributed by atoms with E-state index in [-0.39, 0.29) is 23.4 Å². The molecule has 1 spiro atoms. The first-order valence-electron chi connectivity index (χ1n) is 12.1. The molecule has 36 heavy (non-hydrogen) atoms. The summed E-state index contributed by atoms with van der Waals surface area (Å²) in [6, 6.07) is 17.5. The van der Waals surface area contributed by atoms with Crippen molar-refractivity contribution in [3.63, 3.8) is 0 Å². The zero-order valence-corrected chi connectivity index (χ0v) is 19.6. The number of hydrogen-bond donors (Lipinski definition) is 1. The third kappa shape index (κ3) is 3.07. The lowest BCUT2D eigenvalue weighted by atomic mass is 9.68. The van der Waals surface area contributed by atoms with Crippen LogP contribution in [0.4, 0.5) is 15.8 Å². The molecular weight excluding hydrogens is 461 g/mol.